The van der Waals surface area contributed by atoms with Crippen LogP contribution < -0.4 is 15.2 Å². The number of piperidine rings is 1. The van der Waals surface area contributed by atoms with E-state index in [1.807, 2.05) is 18.2 Å². The molecule has 1 heterocycles. The molecule has 5 heteroatoms. The van der Waals surface area contributed by atoms with E-state index in [0.29, 0.717) is 24.0 Å². The number of benzene rings is 1. The number of nitrogens with zero attached hydrogens (tertiary/aromatic N) is 2. The topological polar surface area (TPSA) is 60.1 Å². The molecule has 5 nitrogen and oxygen atoms in total. The van der Waals surface area contributed by atoms with Crippen molar-refractivity contribution in [2.24, 2.45) is 10.7 Å². The van der Waals surface area contributed by atoms with Gasteiger partial charge in [0.25, 0.3) is 0 Å². The van der Waals surface area contributed by atoms with Gasteiger partial charge in [-0.15, -0.1) is 6.42 Å². The van der Waals surface area contributed by atoms with E-state index < -0.39 is 0 Å². The molecule has 0 aliphatic carbocycles. The van der Waals surface area contributed by atoms with Gasteiger partial charge in [0.05, 0.1) is 13.7 Å². The van der Waals surface area contributed by atoms with Gasteiger partial charge in [-0.05, 0) is 37.0 Å². The lowest BCUT2D eigenvalue weighted by Gasteiger charge is -2.27. The van der Waals surface area contributed by atoms with Crippen molar-refractivity contribution in [2.75, 3.05) is 26.8 Å². The van der Waals surface area contributed by atoms with Gasteiger partial charge in [-0.25, -0.2) is 4.99 Å². The molecule has 1 aromatic rings. The van der Waals surface area contributed by atoms with Crippen molar-refractivity contribution in [1.82, 2.24) is 4.90 Å². The zero-order chi connectivity index (χ0) is 15.8. The van der Waals surface area contributed by atoms with Crippen LogP contribution in [0.1, 0.15) is 24.8 Å². The predicted molar refractivity (Wildman–Crippen MR) is 88.1 cm³/mol. The molecule has 0 saturated carbocycles. The number of methoxy groups -OCH3 is 1. The minimum Gasteiger partial charge on any atom is -0.493 e. The van der Waals surface area contributed by atoms with Gasteiger partial charge in [-0.1, -0.05) is 12.0 Å². The van der Waals surface area contributed by atoms with Crippen LogP contribution in [-0.2, 0) is 6.54 Å². The van der Waals surface area contributed by atoms with Gasteiger partial charge in [-0.3, -0.25) is 0 Å². The van der Waals surface area contributed by atoms with E-state index in [9.17, 15) is 0 Å². The van der Waals surface area contributed by atoms with E-state index in [4.69, 9.17) is 21.6 Å². The van der Waals surface area contributed by atoms with Crippen LogP contribution in [0.5, 0.6) is 11.5 Å². The molecule has 22 heavy (non-hydrogen) atoms. The summed E-state index contributed by atoms with van der Waals surface area (Å²) >= 11 is 0. The highest BCUT2D eigenvalue weighted by molar-refractivity contribution is 5.78. The van der Waals surface area contributed by atoms with Gasteiger partial charge in [0.2, 0.25) is 0 Å². The SMILES string of the molecule is C#CCOc1cc(CN=C(N)N2CCCCC2)ccc1OC. The van der Waals surface area contributed by atoms with Crippen LogP contribution in [0.3, 0.4) is 0 Å². The molecule has 2 N–H and O–H groups in total. The maximum absolute atomic E-state index is 6.06. The number of likely N-dealkylation sites (tertiary alicyclic amines) is 1. The summed E-state index contributed by atoms with van der Waals surface area (Å²) in [6.07, 6.45) is 8.87. The number of nitrogens with two attached hydrogens (primary N) is 1. The van der Waals surface area contributed by atoms with Crippen molar-refractivity contribution < 1.29 is 9.47 Å². The van der Waals surface area contributed by atoms with Gasteiger partial charge in [0.1, 0.15) is 6.61 Å². The first-order valence-electron chi connectivity index (χ1n) is 7.52. The van der Waals surface area contributed by atoms with E-state index in [0.717, 1.165) is 18.7 Å². The number of aliphatic imine (C=N–C) groups is 1. The summed E-state index contributed by atoms with van der Waals surface area (Å²) in [5.41, 5.74) is 7.07. The first kappa shape index (κ1) is 16.0. The van der Waals surface area contributed by atoms with Gasteiger partial charge in [0.15, 0.2) is 17.5 Å². The summed E-state index contributed by atoms with van der Waals surface area (Å²) in [6, 6.07) is 5.70. The molecule has 1 aliphatic heterocycles. The minimum atomic E-state index is 0.207. The number of hydrogen-bond donors (Lipinski definition) is 1. The largest absolute Gasteiger partial charge is 0.493 e. The van der Waals surface area contributed by atoms with Crippen LogP contribution in [-0.4, -0.2) is 37.7 Å². The Morgan fingerprint density at radius 2 is 2.09 bits per heavy atom. The smallest absolute Gasteiger partial charge is 0.191 e. The zero-order valence-electron chi connectivity index (χ0n) is 13.0. The van der Waals surface area contributed by atoms with Gasteiger partial charge in [-0.2, -0.15) is 0 Å². The van der Waals surface area contributed by atoms with Gasteiger partial charge in [0, 0.05) is 13.1 Å². The van der Waals surface area contributed by atoms with Crippen LogP contribution in [0.25, 0.3) is 0 Å². The normalized spacial score (nSPS) is 15.3. The number of guanidine groups is 1. The Morgan fingerprint density at radius 1 is 1.32 bits per heavy atom. The van der Waals surface area contributed by atoms with E-state index in [1.54, 1.807) is 7.11 Å². The van der Waals surface area contributed by atoms with Crippen LogP contribution >= 0.6 is 0 Å². The Morgan fingerprint density at radius 3 is 2.77 bits per heavy atom. The standard InChI is InChI=1S/C17H23N3O2/c1-3-11-22-16-12-14(7-8-15(16)21-2)13-19-17(18)20-9-5-4-6-10-20/h1,7-8,12H,4-6,9-11,13H2,2H3,(H2,18,19). The molecule has 0 spiro atoms. The van der Waals surface area contributed by atoms with E-state index in [2.05, 4.69) is 15.8 Å². The van der Waals surface area contributed by atoms with Crippen molar-refractivity contribution in [3.63, 3.8) is 0 Å². The van der Waals surface area contributed by atoms with E-state index >= 15 is 0 Å². The third-order valence-electron chi connectivity index (χ3n) is 3.64. The van der Waals surface area contributed by atoms with Crippen molar-refractivity contribution in [2.45, 2.75) is 25.8 Å². The molecular formula is C17H23N3O2. The number of ether oxygens (including phenoxy) is 2. The first-order valence-corrected chi connectivity index (χ1v) is 7.52. The molecule has 1 saturated heterocycles. The molecule has 0 atom stereocenters. The second kappa shape index (κ2) is 8.18. The predicted octanol–water partition coefficient (Wildman–Crippen LogP) is 2.01. The van der Waals surface area contributed by atoms with Crippen molar-refractivity contribution >= 4 is 5.96 Å². The van der Waals surface area contributed by atoms with E-state index in [1.165, 1.54) is 19.3 Å². The average Bonchev–Trinajstić information content (AvgIpc) is 2.58. The monoisotopic (exact) mass is 301 g/mol. The second-order valence-corrected chi connectivity index (χ2v) is 5.20. The Hall–Kier alpha value is -2.35. The highest BCUT2D eigenvalue weighted by atomic mass is 16.5. The molecule has 1 aliphatic rings. The fourth-order valence-corrected chi connectivity index (χ4v) is 2.45. The number of terminal acetylenes is 1. The Balaban J connectivity index is 2.04. The average molecular weight is 301 g/mol. The molecule has 0 unspecified atom stereocenters. The first-order chi connectivity index (χ1) is 10.7. The zero-order valence-corrected chi connectivity index (χ0v) is 13.0. The van der Waals surface area contributed by atoms with Crippen LogP contribution in [0.2, 0.25) is 0 Å². The number of rotatable bonds is 5. The fourth-order valence-electron chi connectivity index (χ4n) is 2.45. The molecule has 0 amide bonds. The molecule has 0 radical (unpaired) electrons. The highest BCUT2D eigenvalue weighted by Gasteiger charge is 2.12. The van der Waals surface area contributed by atoms with Gasteiger partial charge < -0.3 is 20.1 Å². The summed E-state index contributed by atoms with van der Waals surface area (Å²) in [5, 5.41) is 0. The Kier molecular flexibility index (Phi) is 5.96. The molecule has 1 fully saturated rings. The maximum atomic E-state index is 6.06. The van der Waals surface area contributed by atoms with Gasteiger partial charge >= 0.3 is 0 Å². The quantitative estimate of drug-likeness (QED) is 0.513. The Bertz CT molecular complexity index is 558. The fraction of sp³-hybridized carbons (Fsp3) is 0.471. The minimum absolute atomic E-state index is 0.207. The van der Waals surface area contributed by atoms with Crippen LogP contribution in [0.4, 0.5) is 0 Å². The van der Waals surface area contributed by atoms with Crippen molar-refractivity contribution in [3.8, 4) is 23.8 Å². The third kappa shape index (κ3) is 4.32. The summed E-state index contributed by atoms with van der Waals surface area (Å²) in [4.78, 5) is 6.62. The van der Waals surface area contributed by atoms with Crippen LogP contribution in [0, 0.1) is 12.3 Å². The Labute approximate surface area is 132 Å². The lowest BCUT2D eigenvalue weighted by molar-refractivity contribution is 0.330. The second-order valence-electron chi connectivity index (χ2n) is 5.20. The summed E-state index contributed by atoms with van der Waals surface area (Å²) in [6.45, 7) is 2.71. The number of hydrogen-bond acceptors (Lipinski definition) is 3. The van der Waals surface area contributed by atoms with Crippen LogP contribution in [0.15, 0.2) is 23.2 Å². The summed E-state index contributed by atoms with van der Waals surface area (Å²) in [7, 11) is 1.60. The van der Waals surface area contributed by atoms with Crippen molar-refractivity contribution in [3.05, 3.63) is 23.8 Å². The highest BCUT2D eigenvalue weighted by Crippen LogP contribution is 2.28. The van der Waals surface area contributed by atoms with Crippen molar-refractivity contribution in [1.29, 1.82) is 0 Å². The molecule has 2 rings (SSSR count). The maximum Gasteiger partial charge on any atom is 0.191 e. The summed E-state index contributed by atoms with van der Waals surface area (Å²) < 4.78 is 10.7. The van der Waals surface area contributed by atoms with E-state index in [-0.39, 0.29) is 6.61 Å². The summed E-state index contributed by atoms with van der Waals surface area (Å²) in [5.74, 6) is 4.35. The molecule has 0 bridgehead atoms. The molecule has 1 aromatic carbocycles. The molecule has 0 aromatic heterocycles. The third-order valence-corrected chi connectivity index (χ3v) is 3.64. The lowest BCUT2D eigenvalue weighted by Crippen LogP contribution is -2.40. The lowest BCUT2D eigenvalue weighted by atomic mass is 10.1. The molecule has 118 valence electrons. The molecular weight excluding hydrogens is 278 g/mol.